The van der Waals surface area contributed by atoms with Gasteiger partial charge in [0.2, 0.25) is 0 Å². The largest absolute Gasteiger partial charge is 0.480 e. The van der Waals surface area contributed by atoms with E-state index in [9.17, 15) is 4.79 Å². The van der Waals surface area contributed by atoms with Crippen LogP contribution in [0.25, 0.3) is 0 Å². The molecule has 86 valence electrons. The van der Waals surface area contributed by atoms with Crippen LogP contribution in [0.2, 0.25) is 6.32 Å². The lowest BCUT2D eigenvalue weighted by atomic mass is 9.78. The van der Waals surface area contributed by atoms with Crippen molar-refractivity contribution < 1.29 is 19.9 Å². The Balaban J connectivity index is 2.43. The lowest BCUT2D eigenvalue weighted by Gasteiger charge is -2.26. The molecule has 0 bridgehead atoms. The quantitative estimate of drug-likeness (QED) is 0.476. The Labute approximate surface area is 89.4 Å². The third kappa shape index (κ3) is 2.93. The topological polar surface area (TPSA) is 104 Å². The molecule has 0 heterocycles. The molecule has 6 heteroatoms. The lowest BCUT2D eigenvalue weighted by Crippen LogP contribution is -2.50. The number of aliphatic carboxylic acids is 1. The first-order valence-corrected chi connectivity index (χ1v) is 5.35. The third-order valence-electron chi connectivity index (χ3n) is 3.28. The molecule has 1 aliphatic rings. The maximum Gasteiger partial charge on any atom is 0.451 e. The summed E-state index contributed by atoms with van der Waals surface area (Å²) in [4.78, 5) is 11.0. The number of hydrogen-bond donors (Lipinski definition) is 4. The second kappa shape index (κ2) is 4.96. The summed E-state index contributed by atoms with van der Waals surface area (Å²) in [7, 11) is -1.30. The number of nitrogens with two attached hydrogens (primary N) is 1. The smallest absolute Gasteiger partial charge is 0.451 e. The van der Waals surface area contributed by atoms with E-state index >= 15 is 0 Å². The second-order valence-electron chi connectivity index (χ2n) is 4.35. The fraction of sp³-hybridized carbons (Fsp3) is 0.889. The molecule has 0 aromatic carbocycles. The van der Waals surface area contributed by atoms with Crippen molar-refractivity contribution in [2.75, 3.05) is 0 Å². The van der Waals surface area contributed by atoms with Crippen molar-refractivity contribution in [1.29, 1.82) is 0 Å². The van der Waals surface area contributed by atoms with Crippen LogP contribution >= 0.6 is 0 Å². The van der Waals surface area contributed by atoms with Crippen LogP contribution < -0.4 is 5.73 Å². The van der Waals surface area contributed by atoms with Crippen LogP contribution in [0, 0.1) is 5.92 Å². The van der Waals surface area contributed by atoms with E-state index in [1.54, 1.807) is 0 Å². The average Bonchev–Trinajstić information content (AvgIpc) is 2.49. The van der Waals surface area contributed by atoms with Crippen LogP contribution in [0.3, 0.4) is 0 Å². The highest BCUT2D eigenvalue weighted by atomic mass is 16.4. The Morgan fingerprint density at radius 3 is 2.73 bits per heavy atom. The van der Waals surface area contributed by atoms with Gasteiger partial charge in [-0.3, -0.25) is 4.79 Å². The minimum atomic E-state index is -1.30. The summed E-state index contributed by atoms with van der Waals surface area (Å²) in [6, 6.07) is 0. The number of rotatable bonds is 5. The highest BCUT2D eigenvalue weighted by Crippen LogP contribution is 2.37. The van der Waals surface area contributed by atoms with Crippen molar-refractivity contribution in [1.82, 2.24) is 0 Å². The fourth-order valence-electron chi connectivity index (χ4n) is 2.33. The van der Waals surface area contributed by atoms with E-state index in [0.29, 0.717) is 19.3 Å². The van der Waals surface area contributed by atoms with Crippen LogP contribution in [-0.4, -0.2) is 33.8 Å². The number of carboxylic acids is 1. The summed E-state index contributed by atoms with van der Waals surface area (Å²) in [5, 5.41) is 26.4. The van der Waals surface area contributed by atoms with Gasteiger partial charge in [-0.1, -0.05) is 12.8 Å². The van der Waals surface area contributed by atoms with Crippen LogP contribution in [0.1, 0.15) is 32.1 Å². The SMILES string of the molecule is N[C@]1(C(=O)O)CCC[C@H]1CCCB(O)O. The Morgan fingerprint density at radius 2 is 2.20 bits per heavy atom. The van der Waals surface area contributed by atoms with Gasteiger partial charge in [0.25, 0.3) is 0 Å². The van der Waals surface area contributed by atoms with Gasteiger partial charge in [0, 0.05) is 0 Å². The highest BCUT2D eigenvalue weighted by molar-refractivity contribution is 6.40. The Hall–Kier alpha value is -0.585. The van der Waals surface area contributed by atoms with E-state index in [-0.39, 0.29) is 12.2 Å². The molecule has 0 aromatic rings. The highest BCUT2D eigenvalue weighted by Gasteiger charge is 2.45. The predicted molar refractivity (Wildman–Crippen MR) is 56.1 cm³/mol. The zero-order valence-electron chi connectivity index (χ0n) is 8.72. The van der Waals surface area contributed by atoms with E-state index in [1.807, 2.05) is 0 Å². The first-order valence-electron chi connectivity index (χ1n) is 5.35. The molecule has 2 atom stereocenters. The van der Waals surface area contributed by atoms with Crippen molar-refractivity contribution in [3.8, 4) is 0 Å². The number of hydrogen-bond acceptors (Lipinski definition) is 4. The molecule has 1 saturated carbocycles. The fourth-order valence-corrected chi connectivity index (χ4v) is 2.33. The van der Waals surface area contributed by atoms with Crippen molar-refractivity contribution in [3.05, 3.63) is 0 Å². The molecule has 0 saturated heterocycles. The van der Waals surface area contributed by atoms with E-state index in [4.69, 9.17) is 20.9 Å². The second-order valence-corrected chi connectivity index (χ2v) is 4.35. The van der Waals surface area contributed by atoms with Crippen molar-refractivity contribution in [2.45, 2.75) is 44.0 Å². The normalized spacial score (nSPS) is 30.5. The van der Waals surface area contributed by atoms with Gasteiger partial charge >= 0.3 is 13.1 Å². The van der Waals surface area contributed by atoms with E-state index < -0.39 is 18.6 Å². The molecule has 5 N–H and O–H groups in total. The Bertz CT molecular complexity index is 236. The van der Waals surface area contributed by atoms with Gasteiger partial charge in [0.1, 0.15) is 5.54 Å². The number of carboxylic acid groups (broad SMARTS) is 1. The summed E-state index contributed by atoms with van der Waals surface area (Å²) in [6.07, 6.45) is 3.73. The van der Waals surface area contributed by atoms with Gasteiger partial charge in [-0.15, -0.1) is 0 Å². The van der Waals surface area contributed by atoms with E-state index in [1.165, 1.54) is 0 Å². The minimum absolute atomic E-state index is 0.0336. The third-order valence-corrected chi connectivity index (χ3v) is 3.28. The van der Waals surface area contributed by atoms with Crippen molar-refractivity contribution in [3.63, 3.8) is 0 Å². The van der Waals surface area contributed by atoms with Crippen LogP contribution in [0.15, 0.2) is 0 Å². The van der Waals surface area contributed by atoms with Crippen LogP contribution in [-0.2, 0) is 4.79 Å². The molecule has 15 heavy (non-hydrogen) atoms. The van der Waals surface area contributed by atoms with Crippen molar-refractivity contribution in [2.24, 2.45) is 11.7 Å². The standard InChI is InChI=1S/C9H18BNO4/c11-9(8(12)13)5-1-3-7(9)4-2-6-10(14)15/h7,14-15H,1-6,11H2,(H,12,13)/t7-,9+/m0/s1. The molecule has 0 amide bonds. The molecule has 1 fully saturated rings. The summed E-state index contributed by atoms with van der Waals surface area (Å²) < 4.78 is 0. The van der Waals surface area contributed by atoms with Crippen LogP contribution in [0.5, 0.6) is 0 Å². The maximum absolute atomic E-state index is 11.0. The van der Waals surface area contributed by atoms with Gasteiger partial charge in [-0.05, 0) is 31.5 Å². The molecule has 0 aromatic heterocycles. The molecule has 1 rings (SSSR count). The summed E-state index contributed by atoms with van der Waals surface area (Å²) in [6.45, 7) is 0. The van der Waals surface area contributed by atoms with Gasteiger partial charge in [-0.2, -0.15) is 0 Å². The monoisotopic (exact) mass is 215 g/mol. The first-order chi connectivity index (χ1) is 6.97. The van der Waals surface area contributed by atoms with Crippen LogP contribution in [0.4, 0.5) is 0 Å². The van der Waals surface area contributed by atoms with Crippen molar-refractivity contribution >= 4 is 13.1 Å². The van der Waals surface area contributed by atoms with Gasteiger partial charge in [0.05, 0.1) is 0 Å². The van der Waals surface area contributed by atoms with E-state index in [2.05, 4.69) is 0 Å². The Morgan fingerprint density at radius 1 is 1.53 bits per heavy atom. The molecule has 1 aliphatic carbocycles. The molecular formula is C9H18BNO4. The average molecular weight is 215 g/mol. The van der Waals surface area contributed by atoms with E-state index in [0.717, 1.165) is 12.8 Å². The van der Waals surface area contributed by atoms with Gasteiger partial charge in [-0.25, -0.2) is 0 Å². The maximum atomic E-state index is 11.0. The molecule has 0 spiro atoms. The minimum Gasteiger partial charge on any atom is -0.480 e. The Kier molecular flexibility index (Phi) is 4.13. The van der Waals surface area contributed by atoms with Gasteiger partial charge in [0.15, 0.2) is 0 Å². The summed E-state index contributed by atoms with van der Waals surface area (Å²) in [5.74, 6) is -0.969. The molecule has 0 unspecified atom stereocenters. The summed E-state index contributed by atoms with van der Waals surface area (Å²) >= 11 is 0. The summed E-state index contributed by atoms with van der Waals surface area (Å²) in [5.41, 5.74) is 4.74. The lowest BCUT2D eigenvalue weighted by molar-refractivity contribution is -0.144. The first kappa shape index (κ1) is 12.5. The predicted octanol–water partition coefficient (Wildman–Crippen LogP) is -0.178. The molecule has 0 radical (unpaired) electrons. The molecular weight excluding hydrogens is 197 g/mol. The zero-order valence-corrected chi connectivity index (χ0v) is 8.72. The molecule has 0 aliphatic heterocycles. The molecule has 5 nitrogen and oxygen atoms in total. The number of carbonyl (C=O) groups is 1. The van der Waals surface area contributed by atoms with Gasteiger partial charge < -0.3 is 20.9 Å². The zero-order chi connectivity index (χ0) is 11.5.